The van der Waals surface area contributed by atoms with Crippen molar-refractivity contribution >= 4 is 23.1 Å². The number of hydrogen-bond donors (Lipinski definition) is 1. The third-order valence-electron chi connectivity index (χ3n) is 8.99. The van der Waals surface area contributed by atoms with E-state index >= 15 is 0 Å². The number of carboxylic acid groups (broad SMARTS) is 1. The summed E-state index contributed by atoms with van der Waals surface area (Å²) in [5.74, 6) is -0.677. The minimum atomic E-state index is -0.677. The Labute approximate surface area is 247 Å². The summed E-state index contributed by atoms with van der Waals surface area (Å²) in [4.78, 5) is 13.2. The van der Waals surface area contributed by atoms with Crippen molar-refractivity contribution in [2.45, 2.75) is 96.3 Å². The highest BCUT2D eigenvalue weighted by atomic mass is 16.4. The van der Waals surface area contributed by atoms with Crippen molar-refractivity contribution in [3.63, 3.8) is 0 Å². The number of benzene rings is 2. The molecule has 4 rings (SSSR count). The first-order chi connectivity index (χ1) is 19.7. The molecule has 0 radical (unpaired) electrons. The van der Waals surface area contributed by atoms with E-state index in [4.69, 9.17) is 5.11 Å². The Bertz CT molecular complexity index is 1340. The Kier molecular flexibility index (Phi) is 10.1. The molecule has 0 bridgehead atoms. The molecule has 0 saturated carbocycles. The van der Waals surface area contributed by atoms with Gasteiger partial charge in [-0.3, -0.25) is 4.79 Å². The van der Waals surface area contributed by atoms with E-state index in [1.807, 2.05) is 0 Å². The highest BCUT2D eigenvalue weighted by molar-refractivity contribution is 6.03. The molecule has 0 amide bonds. The molecule has 2 aliphatic rings. The van der Waals surface area contributed by atoms with Crippen LogP contribution in [0.5, 0.6) is 0 Å². The number of carboxylic acids is 1. The molecule has 0 aromatic heterocycles. The van der Waals surface area contributed by atoms with Crippen molar-refractivity contribution < 1.29 is 14.5 Å². The number of para-hydroxylation sites is 2. The van der Waals surface area contributed by atoms with Crippen LogP contribution in [0.2, 0.25) is 0 Å². The van der Waals surface area contributed by atoms with E-state index < -0.39 is 5.97 Å². The highest BCUT2D eigenvalue weighted by Gasteiger charge is 2.42. The molecule has 218 valence electrons. The molecular weight excluding hydrogens is 504 g/mol. The van der Waals surface area contributed by atoms with Crippen LogP contribution in [0.25, 0.3) is 0 Å². The summed E-state index contributed by atoms with van der Waals surface area (Å²) in [6, 6.07) is 17.6. The van der Waals surface area contributed by atoms with Gasteiger partial charge in [-0.15, -0.1) is 0 Å². The van der Waals surface area contributed by atoms with Crippen LogP contribution in [-0.2, 0) is 15.6 Å². The van der Waals surface area contributed by atoms with Crippen LogP contribution in [0.15, 0.2) is 84.6 Å². The summed E-state index contributed by atoms with van der Waals surface area (Å²) in [6.07, 6.45) is 20.5. The van der Waals surface area contributed by atoms with Gasteiger partial charge in [-0.1, -0.05) is 107 Å². The molecule has 0 unspecified atom stereocenters. The van der Waals surface area contributed by atoms with E-state index in [0.29, 0.717) is 6.42 Å². The normalized spacial score (nSPS) is 18.2. The van der Waals surface area contributed by atoms with Crippen LogP contribution in [-0.4, -0.2) is 35.0 Å². The number of anilines is 1. The van der Waals surface area contributed by atoms with Crippen molar-refractivity contribution in [2.75, 3.05) is 18.5 Å². The molecule has 4 nitrogen and oxygen atoms in total. The first kappa shape index (κ1) is 30.6. The second-order valence-corrected chi connectivity index (χ2v) is 12.6. The minimum Gasteiger partial charge on any atom is -0.481 e. The predicted molar refractivity (Wildman–Crippen MR) is 173 cm³/mol. The number of aliphatic carboxylic acids is 1. The molecule has 1 N–H and O–H groups in total. The third kappa shape index (κ3) is 6.92. The Morgan fingerprint density at radius 3 is 2.07 bits per heavy atom. The second kappa shape index (κ2) is 13.5. The lowest BCUT2D eigenvalue weighted by atomic mass is 9.81. The fraction of sp³-hybridized carbons (Fsp3) is 0.459. The lowest BCUT2D eigenvalue weighted by molar-refractivity contribution is -0.401. The summed E-state index contributed by atoms with van der Waals surface area (Å²) >= 11 is 0. The van der Waals surface area contributed by atoms with Crippen LogP contribution < -0.4 is 4.90 Å². The number of nitrogens with zero attached hydrogens (tertiary/aromatic N) is 2. The van der Waals surface area contributed by atoms with Gasteiger partial charge in [0.1, 0.15) is 7.05 Å². The van der Waals surface area contributed by atoms with Gasteiger partial charge in [0, 0.05) is 47.5 Å². The SMILES string of the molecule is C[N+]1=C(C=CC=CC=C2N(CCCCCCCCCCC(=O)O)c3ccccc3C2(C)C)C(C)(C)c2ccccc21. The van der Waals surface area contributed by atoms with E-state index in [-0.39, 0.29) is 10.8 Å². The Morgan fingerprint density at radius 1 is 0.780 bits per heavy atom. The van der Waals surface area contributed by atoms with E-state index in [1.165, 1.54) is 66.0 Å². The molecule has 0 saturated heterocycles. The number of allylic oxidation sites excluding steroid dienone is 6. The lowest BCUT2D eigenvalue weighted by Gasteiger charge is -2.27. The highest BCUT2D eigenvalue weighted by Crippen LogP contribution is 2.47. The van der Waals surface area contributed by atoms with Gasteiger partial charge in [0.15, 0.2) is 5.71 Å². The molecule has 2 aromatic carbocycles. The van der Waals surface area contributed by atoms with Gasteiger partial charge in [-0.2, -0.15) is 4.58 Å². The summed E-state index contributed by atoms with van der Waals surface area (Å²) < 4.78 is 2.32. The number of unbranched alkanes of at least 4 members (excludes halogenated alkanes) is 7. The summed E-state index contributed by atoms with van der Waals surface area (Å²) in [5.41, 5.74) is 8.04. The van der Waals surface area contributed by atoms with Crippen LogP contribution in [0.1, 0.15) is 96.6 Å². The van der Waals surface area contributed by atoms with Gasteiger partial charge in [0.2, 0.25) is 5.69 Å². The monoisotopic (exact) mass is 553 g/mol. The maximum absolute atomic E-state index is 10.6. The summed E-state index contributed by atoms with van der Waals surface area (Å²) in [6.45, 7) is 10.3. The predicted octanol–water partition coefficient (Wildman–Crippen LogP) is 9.08. The van der Waals surface area contributed by atoms with E-state index in [0.717, 1.165) is 25.8 Å². The van der Waals surface area contributed by atoms with Gasteiger partial charge in [-0.25, -0.2) is 0 Å². The Balaban J connectivity index is 1.37. The van der Waals surface area contributed by atoms with E-state index in [2.05, 4.69) is 123 Å². The van der Waals surface area contributed by atoms with Gasteiger partial charge < -0.3 is 10.0 Å². The summed E-state index contributed by atoms with van der Waals surface area (Å²) in [5, 5.41) is 8.77. The number of hydrogen-bond acceptors (Lipinski definition) is 2. The molecular formula is C37H49N2O2+. The Morgan fingerprint density at radius 2 is 1.39 bits per heavy atom. The number of fused-ring (bicyclic) bond motifs is 2. The molecule has 4 heteroatoms. The minimum absolute atomic E-state index is 0.0135. The zero-order valence-electron chi connectivity index (χ0n) is 25.8. The van der Waals surface area contributed by atoms with Crippen LogP contribution in [0.4, 0.5) is 11.4 Å². The number of rotatable bonds is 14. The largest absolute Gasteiger partial charge is 0.481 e. The smallest absolute Gasteiger partial charge is 0.303 e. The molecule has 2 heterocycles. The molecule has 2 aliphatic heterocycles. The van der Waals surface area contributed by atoms with Gasteiger partial charge in [0.05, 0.1) is 5.41 Å². The molecule has 0 spiro atoms. The van der Waals surface area contributed by atoms with Gasteiger partial charge >= 0.3 is 5.97 Å². The van der Waals surface area contributed by atoms with Crippen molar-refractivity contribution in [3.05, 3.63) is 95.7 Å². The van der Waals surface area contributed by atoms with Gasteiger partial charge in [-0.05, 0) is 44.4 Å². The third-order valence-corrected chi connectivity index (χ3v) is 8.99. The summed E-state index contributed by atoms with van der Waals surface area (Å²) in [7, 11) is 2.16. The molecule has 0 atom stereocenters. The van der Waals surface area contributed by atoms with Crippen LogP contribution in [0.3, 0.4) is 0 Å². The topological polar surface area (TPSA) is 43.5 Å². The van der Waals surface area contributed by atoms with E-state index in [1.54, 1.807) is 0 Å². The van der Waals surface area contributed by atoms with Crippen LogP contribution >= 0.6 is 0 Å². The molecule has 0 fully saturated rings. The average Bonchev–Trinajstić information content (AvgIpc) is 3.28. The average molecular weight is 554 g/mol. The fourth-order valence-corrected chi connectivity index (χ4v) is 6.65. The fourth-order valence-electron chi connectivity index (χ4n) is 6.65. The standard InChI is InChI=1S/C37H48N2O2/c1-36(2)29-21-16-18-23-31(29)38(5)33(36)25-13-12-14-26-34-37(3,4)30-22-17-19-24-32(30)39(34)28-20-11-9-7-6-8-10-15-27-35(40)41/h12-14,16-19,21-26H,6-11,15,20,27-28H2,1-5H3/p+1. The molecule has 41 heavy (non-hydrogen) atoms. The second-order valence-electron chi connectivity index (χ2n) is 12.6. The molecule has 0 aliphatic carbocycles. The lowest BCUT2D eigenvalue weighted by Crippen LogP contribution is -2.27. The first-order valence-corrected chi connectivity index (χ1v) is 15.5. The van der Waals surface area contributed by atoms with Gasteiger partial charge in [0.25, 0.3) is 0 Å². The number of carbonyl (C=O) groups is 1. The zero-order valence-corrected chi connectivity index (χ0v) is 25.8. The van der Waals surface area contributed by atoms with Crippen LogP contribution in [0, 0.1) is 0 Å². The first-order valence-electron chi connectivity index (χ1n) is 15.5. The quantitative estimate of drug-likeness (QED) is 0.144. The van der Waals surface area contributed by atoms with Crippen molar-refractivity contribution in [3.8, 4) is 0 Å². The van der Waals surface area contributed by atoms with Crippen molar-refractivity contribution in [1.29, 1.82) is 0 Å². The van der Waals surface area contributed by atoms with E-state index in [9.17, 15) is 4.79 Å². The zero-order chi connectivity index (χ0) is 29.5. The maximum atomic E-state index is 10.6. The maximum Gasteiger partial charge on any atom is 0.303 e. The molecule has 2 aromatic rings. The van der Waals surface area contributed by atoms with Crippen molar-refractivity contribution in [1.82, 2.24) is 0 Å². The Hall–Kier alpha value is -3.40. The van der Waals surface area contributed by atoms with Crippen molar-refractivity contribution in [2.24, 2.45) is 0 Å².